The molecule has 0 aliphatic rings. The van der Waals surface area contributed by atoms with Crippen molar-refractivity contribution in [3.8, 4) is 6.07 Å². The van der Waals surface area contributed by atoms with Crippen molar-refractivity contribution in [1.82, 2.24) is 15.5 Å². The van der Waals surface area contributed by atoms with E-state index in [1.807, 2.05) is 33.0 Å². The second-order valence-electron chi connectivity index (χ2n) is 4.74. The van der Waals surface area contributed by atoms with E-state index in [1.54, 1.807) is 23.1 Å². The Hall–Kier alpha value is -0.840. The zero-order valence-electron chi connectivity index (χ0n) is 11.9. The van der Waals surface area contributed by atoms with Gasteiger partial charge in [0.1, 0.15) is 5.54 Å². The lowest BCUT2D eigenvalue weighted by Crippen LogP contribution is -2.37. The number of hydrogen-bond acceptors (Lipinski definition) is 7. The number of aromatic nitrogens is 2. The van der Waals surface area contributed by atoms with Crippen LogP contribution in [0.25, 0.3) is 0 Å². The fourth-order valence-corrected chi connectivity index (χ4v) is 3.25. The maximum absolute atomic E-state index is 9.04. The highest BCUT2D eigenvalue weighted by atomic mass is 32.2. The van der Waals surface area contributed by atoms with Gasteiger partial charge < -0.3 is 10.2 Å². The van der Waals surface area contributed by atoms with E-state index in [1.165, 1.54) is 0 Å². The molecule has 0 bridgehead atoms. The molecule has 1 heterocycles. The van der Waals surface area contributed by atoms with Crippen LogP contribution in [-0.2, 0) is 0 Å². The molecule has 1 aromatic rings. The third-order valence-corrected chi connectivity index (χ3v) is 5.18. The molecule has 0 saturated carbocycles. The Labute approximate surface area is 123 Å². The first-order chi connectivity index (χ1) is 9.00. The van der Waals surface area contributed by atoms with Gasteiger partial charge in [-0.1, -0.05) is 23.1 Å². The van der Waals surface area contributed by atoms with Crippen molar-refractivity contribution in [3.05, 3.63) is 0 Å². The average molecular weight is 299 g/mol. The first-order valence-corrected chi connectivity index (χ1v) is 8.05. The molecule has 106 valence electrons. The number of nitrogens with one attached hydrogen (secondary N) is 1. The highest BCUT2D eigenvalue weighted by molar-refractivity contribution is 8.01. The molecule has 0 spiro atoms. The van der Waals surface area contributed by atoms with Crippen LogP contribution in [0.1, 0.15) is 26.2 Å². The van der Waals surface area contributed by atoms with Crippen molar-refractivity contribution in [1.29, 1.82) is 5.26 Å². The lowest BCUT2D eigenvalue weighted by molar-refractivity contribution is 0.439. The second kappa shape index (κ2) is 7.68. The van der Waals surface area contributed by atoms with Crippen LogP contribution in [0.15, 0.2) is 4.34 Å². The lowest BCUT2D eigenvalue weighted by Gasteiger charge is -2.19. The van der Waals surface area contributed by atoms with Crippen LogP contribution in [0.3, 0.4) is 0 Å². The zero-order chi connectivity index (χ0) is 14.3. The summed E-state index contributed by atoms with van der Waals surface area (Å²) in [6, 6.07) is 2.31. The van der Waals surface area contributed by atoms with Gasteiger partial charge in [0, 0.05) is 19.8 Å². The van der Waals surface area contributed by atoms with Gasteiger partial charge in [-0.2, -0.15) is 5.26 Å². The van der Waals surface area contributed by atoms with E-state index in [9.17, 15) is 0 Å². The van der Waals surface area contributed by atoms with Crippen LogP contribution in [0.2, 0.25) is 0 Å². The summed E-state index contributed by atoms with van der Waals surface area (Å²) >= 11 is 3.35. The molecule has 1 rings (SSSR count). The number of nitriles is 1. The molecule has 1 unspecified atom stereocenters. The summed E-state index contributed by atoms with van der Waals surface area (Å²) in [7, 11) is 5.77. The molecule has 0 fully saturated rings. The van der Waals surface area contributed by atoms with Gasteiger partial charge >= 0.3 is 0 Å². The van der Waals surface area contributed by atoms with E-state index in [-0.39, 0.29) is 0 Å². The van der Waals surface area contributed by atoms with E-state index >= 15 is 0 Å². The maximum atomic E-state index is 9.04. The van der Waals surface area contributed by atoms with Gasteiger partial charge in [0.05, 0.1) is 6.07 Å². The summed E-state index contributed by atoms with van der Waals surface area (Å²) in [5.41, 5.74) is -0.397. The monoisotopic (exact) mass is 299 g/mol. The standard InChI is InChI=1S/C12H21N5S2/c1-12(9-13,14-2)7-5-6-8-18-11-16-15-10(19-11)17(3)4/h14H,5-8H2,1-4H3. The zero-order valence-corrected chi connectivity index (χ0v) is 13.6. The molecule has 0 amide bonds. The summed E-state index contributed by atoms with van der Waals surface area (Å²) in [6.45, 7) is 1.94. The molecule has 0 saturated heterocycles. The predicted molar refractivity (Wildman–Crippen MR) is 81.9 cm³/mol. The summed E-state index contributed by atoms with van der Waals surface area (Å²) in [6.07, 6.45) is 3.00. The highest BCUT2D eigenvalue weighted by Gasteiger charge is 2.19. The fraction of sp³-hybridized carbons (Fsp3) is 0.750. The van der Waals surface area contributed by atoms with E-state index in [4.69, 9.17) is 5.26 Å². The largest absolute Gasteiger partial charge is 0.353 e. The molecule has 0 aromatic carbocycles. The number of unbranched alkanes of at least 4 members (excludes halogenated alkanes) is 1. The van der Waals surface area contributed by atoms with Crippen molar-refractivity contribution in [2.75, 3.05) is 31.8 Å². The number of hydrogen-bond donors (Lipinski definition) is 1. The SMILES string of the molecule is CNC(C)(C#N)CCCCSc1nnc(N(C)C)s1. The van der Waals surface area contributed by atoms with Crippen molar-refractivity contribution >= 4 is 28.2 Å². The predicted octanol–water partition coefficient (Wildman–Crippen LogP) is 2.37. The van der Waals surface area contributed by atoms with Crippen LogP contribution in [0, 0.1) is 11.3 Å². The summed E-state index contributed by atoms with van der Waals surface area (Å²) in [5, 5.41) is 21.3. The van der Waals surface area contributed by atoms with E-state index in [0.717, 1.165) is 34.5 Å². The Balaban J connectivity index is 2.22. The minimum Gasteiger partial charge on any atom is -0.353 e. The number of nitrogens with zero attached hydrogens (tertiary/aromatic N) is 4. The van der Waals surface area contributed by atoms with Gasteiger partial charge in [0.15, 0.2) is 4.34 Å². The Bertz CT molecular complexity index is 426. The fourth-order valence-electron chi connectivity index (χ4n) is 1.42. The van der Waals surface area contributed by atoms with Crippen LogP contribution in [0.5, 0.6) is 0 Å². The third-order valence-electron chi connectivity index (χ3n) is 2.87. The van der Waals surface area contributed by atoms with Crippen LogP contribution in [0.4, 0.5) is 5.13 Å². The Morgan fingerprint density at radius 1 is 1.42 bits per heavy atom. The topological polar surface area (TPSA) is 64.8 Å². The van der Waals surface area contributed by atoms with Gasteiger partial charge in [-0.15, -0.1) is 10.2 Å². The van der Waals surface area contributed by atoms with Crippen molar-refractivity contribution < 1.29 is 0 Å². The molecule has 0 radical (unpaired) electrons. The van der Waals surface area contributed by atoms with Crippen molar-refractivity contribution in [2.45, 2.75) is 36.1 Å². The van der Waals surface area contributed by atoms with E-state index < -0.39 is 5.54 Å². The lowest BCUT2D eigenvalue weighted by atomic mass is 9.97. The Morgan fingerprint density at radius 3 is 2.68 bits per heavy atom. The summed E-state index contributed by atoms with van der Waals surface area (Å²) < 4.78 is 1.01. The minimum atomic E-state index is -0.397. The first-order valence-electron chi connectivity index (χ1n) is 6.24. The number of anilines is 1. The van der Waals surface area contributed by atoms with Gasteiger partial charge in [-0.25, -0.2) is 0 Å². The van der Waals surface area contributed by atoms with E-state index in [0.29, 0.717) is 0 Å². The number of rotatable bonds is 8. The third kappa shape index (κ3) is 5.35. The highest BCUT2D eigenvalue weighted by Crippen LogP contribution is 2.27. The van der Waals surface area contributed by atoms with Crippen LogP contribution in [-0.4, -0.2) is 42.6 Å². The van der Waals surface area contributed by atoms with Crippen molar-refractivity contribution in [2.24, 2.45) is 0 Å². The smallest absolute Gasteiger partial charge is 0.208 e. The molecule has 1 N–H and O–H groups in total. The van der Waals surface area contributed by atoms with E-state index in [2.05, 4.69) is 21.6 Å². The van der Waals surface area contributed by atoms with Crippen LogP contribution >= 0.6 is 23.1 Å². The summed E-state index contributed by atoms with van der Waals surface area (Å²) in [5.74, 6) is 1.02. The van der Waals surface area contributed by atoms with Gasteiger partial charge in [-0.3, -0.25) is 0 Å². The van der Waals surface area contributed by atoms with Gasteiger partial charge in [0.25, 0.3) is 0 Å². The molecule has 0 aliphatic heterocycles. The average Bonchev–Trinajstić information content (AvgIpc) is 2.87. The minimum absolute atomic E-state index is 0.397. The summed E-state index contributed by atoms with van der Waals surface area (Å²) in [4.78, 5) is 1.97. The van der Waals surface area contributed by atoms with Gasteiger partial charge in [-0.05, 0) is 33.2 Å². The molecule has 7 heteroatoms. The molecular weight excluding hydrogens is 278 g/mol. The quantitative estimate of drug-likeness (QED) is 0.587. The van der Waals surface area contributed by atoms with Crippen LogP contribution < -0.4 is 10.2 Å². The second-order valence-corrected chi connectivity index (χ2v) is 7.04. The first kappa shape index (κ1) is 16.2. The van der Waals surface area contributed by atoms with Gasteiger partial charge in [0.2, 0.25) is 5.13 Å². The molecule has 0 aliphatic carbocycles. The van der Waals surface area contributed by atoms with Crippen molar-refractivity contribution in [3.63, 3.8) is 0 Å². The molecule has 19 heavy (non-hydrogen) atoms. The Kier molecular flexibility index (Phi) is 6.55. The molecule has 5 nitrogen and oxygen atoms in total. The maximum Gasteiger partial charge on any atom is 0.208 e. The molecule has 1 atom stereocenters. The number of thioether (sulfide) groups is 1. The normalized spacial score (nSPS) is 13.8. The molecular formula is C12H21N5S2. The Morgan fingerprint density at radius 2 is 2.16 bits per heavy atom. The molecule has 1 aromatic heterocycles.